The normalized spacial score (nSPS) is 15.5. The molecule has 2 aromatic rings. The number of ether oxygens (including phenoxy) is 2. The Bertz CT molecular complexity index is 777. The summed E-state index contributed by atoms with van der Waals surface area (Å²) in [4.78, 5) is 23.8. The van der Waals surface area contributed by atoms with Crippen LogP contribution in [0, 0.1) is 11.6 Å². The van der Waals surface area contributed by atoms with Gasteiger partial charge in [-0.05, 0) is 24.3 Å². The van der Waals surface area contributed by atoms with Gasteiger partial charge in [-0.15, -0.1) is 0 Å². The highest BCUT2D eigenvalue weighted by Crippen LogP contribution is 2.30. The summed E-state index contributed by atoms with van der Waals surface area (Å²) in [6.45, 7) is -0.0627. The maximum atomic E-state index is 13.5. The number of hydrogen-bond donors (Lipinski definition) is 2. The van der Waals surface area contributed by atoms with E-state index in [9.17, 15) is 18.4 Å². The van der Waals surface area contributed by atoms with Crippen molar-refractivity contribution in [1.82, 2.24) is 10.9 Å². The summed E-state index contributed by atoms with van der Waals surface area (Å²) >= 11 is 0. The van der Waals surface area contributed by atoms with Gasteiger partial charge < -0.3 is 9.47 Å². The van der Waals surface area contributed by atoms with Crippen LogP contribution in [0.3, 0.4) is 0 Å². The second kappa shape index (κ2) is 6.53. The van der Waals surface area contributed by atoms with Crippen molar-refractivity contribution in [2.45, 2.75) is 6.10 Å². The first-order valence-corrected chi connectivity index (χ1v) is 6.99. The standard InChI is InChI=1S/C16H12F2N2O4/c17-9-4-3-5-10(18)14(9)16(22)20-19-15(21)13-8-23-11-6-1-2-7-12(11)24-13/h1-7,13H,8H2,(H,19,21)(H,20,22). The third kappa shape index (κ3) is 3.12. The van der Waals surface area contributed by atoms with Gasteiger partial charge in [0.1, 0.15) is 23.8 Å². The lowest BCUT2D eigenvalue weighted by Crippen LogP contribution is -2.51. The van der Waals surface area contributed by atoms with Crippen molar-refractivity contribution in [2.24, 2.45) is 0 Å². The molecule has 0 fully saturated rings. The molecule has 24 heavy (non-hydrogen) atoms. The number of amides is 2. The molecule has 1 aliphatic heterocycles. The van der Waals surface area contributed by atoms with E-state index in [1.54, 1.807) is 24.3 Å². The molecule has 0 bridgehead atoms. The minimum Gasteiger partial charge on any atom is -0.485 e. The third-order valence-corrected chi connectivity index (χ3v) is 3.29. The van der Waals surface area contributed by atoms with E-state index in [1.807, 2.05) is 5.43 Å². The molecule has 1 aliphatic rings. The Morgan fingerprint density at radius 3 is 2.33 bits per heavy atom. The predicted molar refractivity (Wildman–Crippen MR) is 78.3 cm³/mol. The zero-order chi connectivity index (χ0) is 17.1. The molecule has 124 valence electrons. The van der Waals surface area contributed by atoms with Crippen molar-refractivity contribution in [3.05, 3.63) is 59.7 Å². The molecule has 2 amide bonds. The van der Waals surface area contributed by atoms with Gasteiger partial charge in [0.15, 0.2) is 11.5 Å². The van der Waals surface area contributed by atoms with Crippen LogP contribution in [-0.2, 0) is 4.79 Å². The van der Waals surface area contributed by atoms with Crippen molar-refractivity contribution in [3.63, 3.8) is 0 Å². The lowest BCUT2D eigenvalue weighted by Gasteiger charge is -2.25. The maximum Gasteiger partial charge on any atom is 0.283 e. The Morgan fingerprint density at radius 1 is 0.958 bits per heavy atom. The van der Waals surface area contributed by atoms with Gasteiger partial charge in [0, 0.05) is 0 Å². The van der Waals surface area contributed by atoms with Crippen molar-refractivity contribution < 1.29 is 27.8 Å². The van der Waals surface area contributed by atoms with E-state index >= 15 is 0 Å². The summed E-state index contributed by atoms with van der Waals surface area (Å²) in [5.74, 6) is -3.01. The van der Waals surface area contributed by atoms with Crippen LogP contribution in [0.25, 0.3) is 0 Å². The summed E-state index contributed by atoms with van der Waals surface area (Å²) in [5, 5.41) is 0. The molecule has 0 saturated heterocycles. The van der Waals surface area contributed by atoms with Gasteiger partial charge >= 0.3 is 0 Å². The molecular formula is C16H12F2N2O4. The summed E-state index contributed by atoms with van der Waals surface area (Å²) in [6, 6.07) is 9.79. The average Bonchev–Trinajstić information content (AvgIpc) is 2.59. The highest BCUT2D eigenvalue weighted by molar-refractivity contribution is 5.96. The van der Waals surface area contributed by atoms with Gasteiger partial charge in [0.2, 0.25) is 6.10 Å². The highest BCUT2D eigenvalue weighted by atomic mass is 19.1. The predicted octanol–water partition coefficient (Wildman–Crippen LogP) is 1.57. The summed E-state index contributed by atoms with van der Waals surface area (Å²) in [5.41, 5.74) is 3.22. The number of para-hydroxylation sites is 2. The Hall–Kier alpha value is -3.16. The number of hydrogen-bond acceptors (Lipinski definition) is 4. The van der Waals surface area contributed by atoms with E-state index < -0.39 is 35.1 Å². The number of rotatable bonds is 2. The van der Waals surface area contributed by atoms with Gasteiger partial charge in [-0.2, -0.15) is 0 Å². The van der Waals surface area contributed by atoms with Crippen LogP contribution >= 0.6 is 0 Å². The van der Waals surface area contributed by atoms with Crippen molar-refractivity contribution in [3.8, 4) is 11.5 Å². The van der Waals surface area contributed by atoms with Crippen LogP contribution < -0.4 is 20.3 Å². The van der Waals surface area contributed by atoms with Gasteiger partial charge in [-0.1, -0.05) is 18.2 Å². The van der Waals surface area contributed by atoms with Crippen molar-refractivity contribution in [1.29, 1.82) is 0 Å². The zero-order valence-corrected chi connectivity index (χ0v) is 12.2. The molecule has 0 spiro atoms. The first kappa shape index (κ1) is 15.7. The van der Waals surface area contributed by atoms with Crippen LogP contribution in [0.15, 0.2) is 42.5 Å². The molecule has 3 rings (SSSR count). The molecule has 1 atom stereocenters. The SMILES string of the molecule is O=C(NNC(=O)C1COc2ccccc2O1)c1c(F)cccc1F. The minimum absolute atomic E-state index is 0.0627. The van der Waals surface area contributed by atoms with Crippen LogP contribution in [0.1, 0.15) is 10.4 Å². The fourth-order valence-corrected chi connectivity index (χ4v) is 2.12. The Labute approximate surface area is 135 Å². The molecule has 0 radical (unpaired) electrons. The lowest BCUT2D eigenvalue weighted by atomic mass is 10.2. The van der Waals surface area contributed by atoms with E-state index in [2.05, 4.69) is 5.43 Å². The molecule has 8 heteroatoms. The molecule has 0 aromatic heterocycles. The quantitative estimate of drug-likeness (QED) is 0.818. The number of benzene rings is 2. The first-order valence-electron chi connectivity index (χ1n) is 6.99. The number of carbonyl (C=O) groups excluding carboxylic acids is 2. The van der Waals surface area contributed by atoms with E-state index in [4.69, 9.17) is 9.47 Å². The van der Waals surface area contributed by atoms with Crippen LogP contribution in [0.4, 0.5) is 8.78 Å². The fourth-order valence-electron chi connectivity index (χ4n) is 2.12. The van der Waals surface area contributed by atoms with E-state index in [0.29, 0.717) is 11.5 Å². The van der Waals surface area contributed by atoms with Gasteiger partial charge in [0.25, 0.3) is 11.8 Å². The van der Waals surface area contributed by atoms with Crippen molar-refractivity contribution in [2.75, 3.05) is 6.61 Å². The fraction of sp³-hybridized carbons (Fsp3) is 0.125. The van der Waals surface area contributed by atoms with Gasteiger partial charge in [0.05, 0.1) is 0 Å². The largest absolute Gasteiger partial charge is 0.485 e. The van der Waals surface area contributed by atoms with Crippen molar-refractivity contribution >= 4 is 11.8 Å². The summed E-state index contributed by atoms with van der Waals surface area (Å²) < 4.78 is 37.8. The lowest BCUT2D eigenvalue weighted by molar-refractivity contribution is -0.131. The topological polar surface area (TPSA) is 76.7 Å². The number of carbonyl (C=O) groups is 2. The van der Waals surface area contributed by atoms with Crippen LogP contribution in [-0.4, -0.2) is 24.5 Å². The van der Waals surface area contributed by atoms with Gasteiger partial charge in [-0.25, -0.2) is 8.78 Å². The summed E-state index contributed by atoms with van der Waals surface area (Å²) in [6.07, 6.45) is -1.01. The Balaban J connectivity index is 1.61. The van der Waals surface area contributed by atoms with E-state index in [1.165, 1.54) is 0 Å². The van der Waals surface area contributed by atoms with Gasteiger partial charge in [-0.3, -0.25) is 20.4 Å². The van der Waals surface area contributed by atoms with E-state index in [0.717, 1.165) is 18.2 Å². The average molecular weight is 334 g/mol. The Morgan fingerprint density at radius 2 is 1.62 bits per heavy atom. The van der Waals surface area contributed by atoms with Crippen LogP contribution in [0.5, 0.6) is 11.5 Å². The smallest absolute Gasteiger partial charge is 0.283 e. The molecule has 2 aromatic carbocycles. The number of halogens is 2. The molecule has 2 N–H and O–H groups in total. The molecule has 6 nitrogen and oxygen atoms in total. The number of fused-ring (bicyclic) bond motifs is 1. The van der Waals surface area contributed by atoms with E-state index in [-0.39, 0.29) is 6.61 Å². The molecule has 0 saturated carbocycles. The molecule has 1 unspecified atom stereocenters. The Kier molecular flexibility index (Phi) is 4.28. The molecular weight excluding hydrogens is 322 g/mol. The maximum absolute atomic E-state index is 13.5. The number of hydrazine groups is 1. The second-order valence-corrected chi connectivity index (χ2v) is 4.90. The van der Waals surface area contributed by atoms with Crippen LogP contribution in [0.2, 0.25) is 0 Å². The number of nitrogens with one attached hydrogen (secondary N) is 2. The highest BCUT2D eigenvalue weighted by Gasteiger charge is 2.28. The summed E-state index contributed by atoms with van der Waals surface area (Å²) in [7, 11) is 0. The third-order valence-electron chi connectivity index (χ3n) is 3.29. The zero-order valence-electron chi connectivity index (χ0n) is 12.2. The monoisotopic (exact) mass is 334 g/mol. The molecule has 0 aliphatic carbocycles. The first-order chi connectivity index (χ1) is 11.6. The molecule has 1 heterocycles. The minimum atomic E-state index is -1.11. The second-order valence-electron chi connectivity index (χ2n) is 4.90.